The van der Waals surface area contributed by atoms with E-state index in [1.165, 1.54) is 6.07 Å². The summed E-state index contributed by atoms with van der Waals surface area (Å²) in [5.41, 5.74) is -0.519. The van der Waals surface area contributed by atoms with Crippen LogP contribution in [0.4, 0.5) is 18.9 Å². The highest BCUT2D eigenvalue weighted by Crippen LogP contribution is 2.31. The molecular formula is C14H19F3N2O2. The van der Waals surface area contributed by atoms with E-state index in [-0.39, 0.29) is 5.56 Å². The maximum atomic E-state index is 12.7. The summed E-state index contributed by atoms with van der Waals surface area (Å²) in [7, 11) is 1.55. The lowest BCUT2D eigenvalue weighted by atomic mass is 10.1. The van der Waals surface area contributed by atoms with Gasteiger partial charge in [0.25, 0.3) is 5.91 Å². The van der Waals surface area contributed by atoms with E-state index in [9.17, 15) is 18.0 Å². The fourth-order valence-electron chi connectivity index (χ4n) is 1.74. The van der Waals surface area contributed by atoms with Crippen molar-refractivity contribution in [3.05, 3.63) is 29.3 Å². The predicted molar refractivity (Wildman–Crippen MR) is 74.4 cm³/mol. The quantitative estimate of drug-likeness (QED) is 0.762. The predicted octanol–water partition coefficient (Wildman–Crippen LogP) is 2.90. The maximum Gasteiger partial charge on any atom is 0.416 e. The molecule has 0 aromatic heterocycles. The first-order valence-corrected chi connectivity index (χ1v) is 6.65. The van der Waals surface area contributed by atoms with Gasteiger partial charge in [-0.2, -0.15) is 13.2 Å². The molecule has 0 saturated heterocycles. The number of rotatable bonds is 7. The summed E-state index contributed by atoms with van der Waals surface area (Å²) in [6.07, 6.45) is -3.87. The number of halogens is 3. The highest BCUT2D eigenvalue weighted by atomic mass is 19.4. The monoisotopic (exact) mass is 304 g/mol. The minimum Gasteiger partial charge on any atom is -0.387 e. The van der Waals surface area contributed by atoms with E-state index in [1.54, 1.807) is 7.05 Å². The van der Waals surface area contributed by atoms with E-state index in [2.05, 4.69) is 10.6 Å². The zero-order valence-corrected chi connectivity index (χ0v) is 12.0. The first-order chi connectivity index (χ1) is 9.90. The molecule has 0 radical (unpaired) electrons. The summed E-state index contributed by atoms with van der Waals surface area (Å²) in [5.74, 6) is -0.540. The lowest BCUT2D eigenvalue weighted by molar-refractivity contribution is -0.137. The molecule has 1 aromatic carbocycles. The zero-order chi connectivity index (χ0) is 15.9. The van der Waals surface area contributed by atoms with Gasteiger partial charge in [-0.25, -0.2) is 0 Å². The average Bonchev–Trinajstić information content (AvgIpc) is 2.45. The summed E-state index contributed by atoms with van der Waals surface area (Å²) in [4.78, 5) is 12.0. The number of hydrogen-bond acceptors (Lipinski definition) is 3. The Hall–Kier alpha value is -1.76. The number of nitrogens with one attached hydrogen (secondary N) is 2. The summed E-state index contributed by atoms with van der Waals surface area (Å²) < 4.78 is 43.2. The smallest absolute Gasteiger partial charge is 0.387 e. The van der Waals surface area contributed by atoms with Gasteiger partial charge in [-0.1, -0.05) is 0 Å². The van der Waals surface area contributed by atoms with Gasteiger partial charge in [0.15, 0.2) is 0 Å². The fourth-order valence-corrected chi connectivity index (χ4v) is 1.74. The number of carbonyl (C=O) groups excluding carboxylic acids is 1. The van der Waals surface area contributed by atoms with Gasteiger partial charge >= 0.3 is 6.18 Å². The molecule has 0 unspecified atom stereocenters. The van der Waals surface area contributed by atoms with Crippen LogP contribution in [0.2, 0.25) is 0 Å². The van der Waals surface area contributed by atoms with Gasteiger partial charge in [0.1, 0.15) is 0 Å². The molecular weight excluding hydrogens is 285 g/mol. The number of alkyl halides is 3. The molecule has 1 rings (SSSR count). The van der Waals surface area contributed by atoms with Crippen LogP contribution in [-0.4, -0.2) is 32.7 Å². The topological polar surface area (TPSA) is 50.4 Å². The van der Waals surface area contributed by atoms with E-state index < -0.39 is 17.6 Å². The number of benzene rings is 1. The Labute approximate surface area is 121 Å². The fraction of sp³-hybridized carbons (Fsp3) is 0.500. The van der Waals surface area contributed by atoms with Crippen LogP contribution in [0.3, 0.4) is 0 Å². The Morgan fingerprint density at radius 2 is 2.05 bits per heavy atom. The molecule has 118 valence electrons. The van der Waals surface area contributed by atoms with Crippen LogP contribution in [0.25, 0.3) is 0 Å². The molecule has 1 amide bonds. The first kappa shape index (κ1) is 17.3. The number of hydrogen-bond donors (Lipinski definition) is 2. The minimum absolute atomic E-state index is 0.0243. The van der Waals surface area contributed by atoms with Crippen LogP contribution >= 0.6 is 0 Å². The first-order valence-electron chi connectivity index (χ1n) is 6.65. The van der Waals surface area contributed by atoms with Crippen molar-refractivity contribution in [1.29, 1.82) is 0 Å². The van der Waals surface area contributed by atoms with Gasteiger partial charge < -0.3 is 15.4 Å². The zero-order valence-electron chi connectivity index (χ0n) is 12.0. The van der Waals surface area contributed by atoms with Crippen molar-refractivity contribution < 1.29 is 22.7 Å². The van der Waals surface area contributed by atoms with Crippen LogP contribution in [0, 0.1) is 0 Å². The third kappa shape index (κ3) is 5.26. The summed E-state index contributed by atoms with van der Waals surface area (Å²) in [6.45, 7) is 3.29. The van der Waals surface area contributed by atoms with Gasteiger partial charge in [-0.3, -0.25) is 4.79 Å². The summed E-state index contributed by atoms with van der Waals surface area (Å²) >= 11 is 0. The average molecular weight is 304 g/mol. The Kier molecular flexibility index (Phi) is 6.48. The molecule has 0 aliphatic rings. The van der Waals surface area contributed by atoms with Gasteiger partial charge in [0.2, 0.25) is 0 Å². The molecule has 4 nitrogen and oxygen atoms in total. The number of anilines is 1. The minimum atomic E-state index is -4.48. The van der Waals surface area contributed by atoms with Crippen LogP contribution in [0.1, 0.15) is 29.3 Å². The maximum absolute atomic E-state index is 12.7. The second-order valence-corrected chi connectivity index (χ2v) is 4.31. The molecule has 0 bridgehead atoms. The molecule has 0 heterocycles. The van der Waals surface area contributed by atoms with Gasteiger partial charge in [-0.15, -0.1) is 0 Å². The van der Waals surface area contributed by atoms with Crippen LogP contribution in [0.15, 0.2) is 18.2 Å². The molecule has 0 aliphatic carbocycles. The second kappa shape index (κ2) is 7.87. The van der Waals surface area contributed by atoms with Gasteiger partial charge in [-0.05, 0) is 31.5 Å². The molecule has 0 atom stereocenters. The molecule has 2 N–H and O–H groups in total. The van der Waals surface area contributed by atoms with Crippen molar-refractivity contribution in [2.75, 3.05) is 32.1 Å². The third-order valence-corrected chi connectivity index (χ3v) is 2.82. The van der Waals surface area contributed by atoms with Crippen molar-refractivity contribution in [2.45, 2.75) is 19.5 Å². The van der Waals surface area contributed by atoms with Crippen LogP contribution in [-0.2, 0) is 10.9 Å². The van der Waals surface area contributed by atoms with Gasteiger partial charge in [0, 0.05) is 32.5 Å². The van der Waals surface area contributed by atoms with Crippen molar-refractivity contribution in [1.82, 2.24) is 5.32 Å². The highest BCUT2D eigenvalue weighted by molar-refractivity contribution is 5.99. The molecule has 0 spiro atoms. The molecule has 7 heteroatoms. The number of ether oxygens (including phenoxy) is 1. The Bertz CT molecular complexity index is 476. The number of amides is 1. The summed E-state index contributed by atoms with van der Waals surface area (Å²) in [6, 6.07) is 3.04. The summed E-state index contributed by atoms with van der Waals surface area (Å²) in [5, 5.41) is 5.30. The van der Waals surface area contributed by atoms with E-state index in [4.69, 9.17) is 4.74 Å². The molecule has 0 saturated carbocycles. The third-order valence-electron chi connectivity index (χ3n) is 2.82. The normalized spacial score (nSPS) is 11.3. The molecule has 0 aliphatic heterocycles. The van der Waals surface area contributed by atoms with Crippen molar-refractivity contribution in [2.24, 2.45) is 0 Å². The van der Waals surface area contributed by atoms with E-state index in [0.717, 1.165) is 12.1 Å². The highest BCUT2D eigenvalue weighted by Gasteiger charge is 2.31. The van der Waals surface area contributed by atoms with Crippen molar-refractivity contribution in [3.63, 3.8) is 0 Å². The number of carbonyl (C=O) groups is 1. The van der Waals surface area contributed by atoms with Crippen molar-refractivity contribution in [3.8, 4) is 0 Å². The Balaban J connectivity index is 2.77. The Morgan fingerprint density at radius 1 is 1.33 bits per heavy atom. The van der Waals surface area contributed by atoms with Crippen LogP contribution < -0.4 is 10.6 Å². The van der Waals surface area contributed by atoms with Crippen LogP contribution in [0.5, 0.6) is 0 Å². The van der Waals surface area contributed by atoms with E-state index in [1.807, 2.05) is 6.92 Å². The standard InChI is InChI=1S/C14H19F3N2O2/c1-3-21-8-4-7-19-13(20)11-9-10(14(15,16)17)5-6-12(11)18-2/h5-6,9,18H,3-4,7-8H2,1-2H3,(H,19,20). The van der Waals surface area contributed by atoms with Gasteiger partial charge in [0.05, 0.1) is 11.1 Å². The van der Waals surface area contributed by atoms with E-state index >= 15 is 0 Å². The molecule has 0 fully saturated rings. The molecule has 21 heavy (non-hydrogen) atoms. The SMILES string of the molecule is CCOCCCNC(=O)c1cc(C(F)(F)F)ccc1NC. The second-order valence-electron chi connectivity index (χ2n) is 4.31. The van der Waals surface area contributed by atoms with E-state index in [0.29, 0.717) is 31.9 Å². The van der Waals surface area contributed by atoms with Crippen molar-refractivity contribution >= 4 is 11.6 Å². The lowest BCUT2D eigenvalue weighted by Crippen LogP contribution is -2.26. The lowest BCUT2D eigenvalue weighted by Gasteiger charge is -2.13. The largest absolute Gasteiger partial charge is 0.416 e. The Morgan fingerprint density at radius 3 is 2.62 bits per heavy atom. The molecule has 1 aromatic rings.